The smallest absolute Gasteiger partial charge is 0.196 e. The molecule has 0 saturated heterocycles. The molecule has 3 heteroatoms. The molecular weight excluding hydrogens is 232 g/mol. The maximum atomic E-state index is 12.2. The molecule has 1 aromatic carbocycles. The van der Waals surface area contributed by atoms with E-state index in [0.717, 1.165) is 5.56 Å². The van der Waals surface area contributed by atoms with Crippen LogP contribution in [-0.4, -0.2) is 12.4 Å². The second-order valence-corrected chi connectivity index (χ2v) is 4.62. The van der Waals surface area contributed by atoms with Crippen LogP contribution >= 0.6 is 11.3 Å². The maximum absolute atomic E-state index is 12.2. The minimum absolute atomic E-state index is 0.0676. The zero-order valence-corrected chi connectivity index (χ0v) is 9.87. The molecule has 0 amide bonds. The number of ether oxygens (including phenoxy) is 1. The fraction of sp³-hybridized carbons (Fsp3) is 0.0714. The maximum Gasteiger partial charge on any atom is 0.196 e. The number of carbonyl (C=O) groups is 1. The highest BCUT2D eigenvalue weighted by Crippen LogP contribution is 2.27. The lowest BCUT2D eigenvalue weighted by atomic mass is 9.99. The summed E-state index contributed by atoms with van der Waals surface area (Å²) in [7, 11) is 0. The molecule has 3 rings (SSSR count). The normalized spacial score (nSPS) is 16.7. The Bertz CT molecular complexity index is 582. The third-order valence-corrected chi connectivity index (χ3v) is 3.39. The van der Waals surface area contributed by atoms with Crippen LogP contribution in [0.25, 0.3) is 6.08 Å². The topological polar surface area (TPSA) is 26.3 Å². The van der Waals surface area contributed by atoms with E-state index in [1.54, 1.807) is 17.4 Å². The van der Waals surface area contributed by atoms with E-state index in [0.29, 0.717) is 23.5 Å². The molecule has 1 aromatic heterocycles. The Kier molecular flexibility index (Phi) is 2.53. The van der Waals surface area contributed by atoms with Gasteiger partial charge in [0, 0.05) is 5.57 Å². The first-order chi connectivity index (χ1) is 8.34. The molecule has 84 valence electrons. The van der Waals surface area contributed by atoms with Crippen molar-refractivity contribution in [2.45, 2.75) is 0 Å². The highest BCUT2D eigenvalue weighted by atomic mass is 32.1. The van der Waals surface area contributed by atoms with Gasteiger partial charge in [-0.2, -0.15) is 11.3 Å². The number of rotatable bonds is 1. The predicted molar refractivity (Wildman–Crippen MR) is 68.6 cm³/mol. The Morgan fingerprint density at radius 3 is 2.94 bits per heavy atom. The van der Waals surface area contributed by atoms with Crippen molar-refractivity contribution in [3.63, 3.8) is 0 Å². The van der Waals surface area contributed by atoms with Gasteiger partial charge in [0.1, 0.15) is 12.4 Å². The standard InChI is InChI=1S/C14H10O2S/c15-14-11(7-10-5-6-17-9-10)8-16-13-4-2-1-3-12(13)14/h1-7,9H,8H2/b11-7+. The Morgan fingerprint density at radius 2 is 2.12 bits per heavy atom. The summed E-state index contributed by atoms with van der Waals surface area (Å²) in [6, 6.07) is 9.35. The molecule has 0 bridgehead atoms. The van der Waals surface area contributed by atoms with E-state index in [-0.39, 0.29) is 5.78 Å². The number of Topliss-reactive ketones (excluding diaryl/α,β-unsaturated/α-hetero) is 1. The number of hydrogen-bond donors (Lipinski definition) is 0. The summed E-state index contributed by atoms with van der Waals surface area (Å²) in [6.45, 7) is 0.353. The predicted octanol–water partition coefficient (Wildman–Crippen LogP) is 3.41. The largest absolute Gasteiger partial charge is 0.488 e. The molecule has 17 heavy (non-hydrogen) atoms. The summed E-state index contributed by atoms with van der Waals surface area (Å²) in [5.41, 5.74) is 2.42. The molecule has 2 nitrogen and oxygen atoms in total. The highest BCUT2D eigenvalue weighted by molar-refractivity contribution is 7.08. The Morgan fingerprint density at radius 1 is 1.24 bits per heavy atom. The minimum atomic E-state index is 0.0676. The van der Waals surface area contributed by atoms with Gasteiger partial charge in [-0.15, -0.1) is 0 Å². The number of benzene rings is 1. The highest BCUT2D eigenvalue weighted by Gasteiger charge is 2.22. The van der Waals surface area contributed by atoms with Crippen molar-refractivity contribution in [3.8, 4) is 5.75 Å². The van der Waals surface area contributed by atoms with E-state index in [2.05, 4.69) is 0 Å². The van der Waals surface area contributed by atoms with E-state index in [9.17, 15) is 4.79 Å². The van der Waals surface area contributed by atoms with Crippen LogP contribution < -0.4 is 4.74 Å². The van der Waals surface area contributed by atoms with Gasteiger partial charge in [0.15, 0.2) is 5.78 Å². The van der Waals surface area contributed by atoms with Crippen molar-refractivity contribution in [1.82, 2.24) is 0 Å². The molecule has 0 atom stereocenters. The average Bonchev–Trinajstić information content (AvgIpc) is 2.86. The first-order valence-electron chi connectivity index (χ1n) is 5.34. The molecule has 0 aliphatic carbocycles. The van der Waals surface area contributed by atoms with Gasteiger partial charge in [-0.25, -0.2) is 0 Å². The molecule has 2 heterocycles. The van der Waals surface area contributed by atoms with Crippen molar-refractivity contribution in [2.24, 2.45) is 0 Å². The number of fused-ring (bicyclic) bond motifs is 1. The summed E-state index contributed by atoms with van der Waals surface area (Å²) in [6.07, 6.45) is 1.90. The summed E-state index contributed by atoms with van der Waals surface area (Å²) in [5, 5.41) is 4.01. The molecular formula is C14H10O2S. The van der Waals surface area contributed by atoms with Gasteiger partial charge in [0.2, 0.25) is 0 Å². The van der Waals surface area contributed by atoms with Crippen LogP contribution in [0.5, 0.6) is 5.75 Å². The van der Waals surface area contributed by atoms with Crippen LogP contribution in [0, 0.1) is 0 Å². The van der Waals surface area contributed by atoms with Crippen molar-refractivity contribution in [3.05, 3.63) is 57.8 Å². The lowest BCUT2D eigenvalue weighted by molar-refractivity contribution is 0.100. The summed E-state index contributed by atoms with van der Waals surface area (Å²) < 4.78 is 5.57. The summed E-state index contributed by atoms with van der Waals surface area (Å²) in [5.74, 6) is 0.748. The van der Waals surface area contributed by atoms with Gasteiger partial charge in [0.05, 0.1) is 5.56 Å². The Balaban J connectivity index is 2.00. The SMILES string of the molecule is O=C1/C(=C/c2ccsc2)COc2ccccc21. The minimum Gasteiger partial charge on any atom is -0.488 e. The molecule has 1 aliphatic rings. The molecule has 0 fully saturated rings. The second-order valence-electron chi connectivity index (χ2n) is 3.84. The van der Waals surface area contributed by atoms with Crippen molar-refractivity contribution < 1.29 is 9.53 Å². The fourth-order valence-electron chi connectivity index (χ4n) is 1.84. The molecule has 0 saturated carbocycles. The lowest BCUT2D eigenvalue weighted by Gasteiger charge is -2.18. The van der Waals surface area contributed by atoms with Crippen molar-refractivity contribution >= 4 is 23.2 Å². The second kappa shape index (κ2) is 4.18. The molecule has 0 radical (unpaired) electrons. The molecule has 0 spiro atoms. The van der Waals surface area contributed by atoms with Crippen LogP contribution in [0.1, 0.15) is 15.9 Å². The van der Waals surface area contributed by atoms with Gasteiger partial charge in [-0.3, -0.25) is 4.79 Å². The third kappa shape index (κ3) is 1.89. The first-order valence-corrected chi connectivity index (χ1v) is 6.28. The number of thiophene rings is 1. The Labute approximate surface area is 103 Å². The summed E-state index contributed by atoms with van der Waals surface area (Å²) >= 11 is 1.62. The zero-order chi connectivity index (χ0) is 11.7. The molecule has 2 aromatic rings. The van der Waals surface area contributed by atoms with Crippen molar-refractivity contribution in [1.29, 1.82) is 0 Å². The number of carbonyl (C=O) groups excluding carboxylic acids is 1. The zero-order valence-electron chi connectivity index (χ0n) is 9.05. The molecule has 0 N–H and O–H groups in total. The van der Waals surface area contributed by atoms with E-state index >= 15 is 0 Å². The van der Waals surface area contributed by atoms with Crippen LogP contribution in [0.2, 0.25) is 0 Å². The fourth-order valence-corrected chi connectivity index (χ4v) is 2.46. The van der Waals surface area contributed by atoms with Crippen LogP contribution in [0.4, 0.5) is 0 Å². The van der Waals surface area contributed by atoms with E-state index in [1.165, 1.54) is 0 Å². The first kappa shape index (κ1) is 10.3. The quantitative estimate of drug-likeness (QED) is 0.716. The average molecular weight is 242 g/mol. The van der Waals surface area contributed by atoms with Crippen molar-refractivity contribution in [2.75, 3.05) is 6.61 Å². The van der Waals surface area contributed by atoms with Gasteiger partial charge >= 0.3 is 0 Å². The molecule has 1 aliphatic heterocycles. The van der Waals surface area contributed by atoms with E-state index < -0.39 is 0 Å². The van der Waals surface area contributed by atoms with Gasteiger partial charge in [-0.1, -0.05) is 12.1 Å². The van der Waals surface area contributed by atoms with Crippen LogP contribution in [0.15, 0.2) is 46.7 Å². The van der Waals surface area contributed by atoms with Crippen LogP contribution in [-0.2, 0) is 0 Å². The Hall–Kier alpha value is -1.87. The lowest BCUT2D eigenvalue weighted by Crippen LogP contribution is -2.18. The number of para-hydroxylation sites is 1. The van der Waals surface area contributed by atoms with E-state index in [1.807, 2.05) is 41.1 Å². The number of hydrogen-bond acceptors (Lipinski definition) is 3. The summed E-state index contributed by atoms with van der Waals surface area (Å²) in [4.78, 5) is 12.2. The third-order valence-electron chi connectivity index (χ3n) is 2.69. The van der Waals surface area contributed by atoms with E-state index in [4.69, 9.17) is 4.74 Å². The molecule has 0 unspecified atom stereocenters. The van der Waals surface area contributed by atoms with Gasteiger partial charge in [0.25, 0.3) is 0 Å². The van der Waals surface area contributed by atoms with Gasteiger partial charge in [-0.05, 0) is 40.6 Å². The van der Waals surface area contributed by atoms with Crippen LogP contribution in [0.3, 0.4) is 0 Å². The number of ketones is 1. The monoisotopic (exact) mass is 242 g/mol. The van der Waals surface area contributed by atoms with Gasteiger partial charge < -0.3 is 4.74 Å².